The monoisotopic (exact) mass is 521 g/mol. The number of rotatable bonds is 9. The number of ether oxygens (including phenoxy) is 1. The molecule has 3 rings (SSSR count). The third-order valence-electron chi connectivity index (χ3n) is 4.11. The van der Waals surface area contributed by atoms with E-state index in [2.05, 4.69) is 48.8 Å². The van der Waals surface area contributed by atoms with Crippen LogP contribution in [0.4, 0.5) is 10.6 Å². The zero-order valence-electron chi connectivity index (χ0n) is 18.7. The quantitative estimate of drug-likeness (QED) is 0.241. The van der Waals surface area contributed by atoms with Crippen molar-refractivity contribution in [3.05, 3.63) is 34.3 Å². The summed E-state index contributed by atoms with van der Waals surface area (Å²) >= 11 is 5.05. The van der Waals surface area contributed by atoms with Crippen molar-refractivity contribution in [2.45, 2.75) is 51.4 Å². The minimum atomic E-state index is -0.533. The number of amides is 1. The van der Waals surface area contributed by atoms with E-state index in [9.17, 15) is 4.79 Å². The number of benzene rings is 1. The summed E-state index contributed by atoms with van der Waals surface area (Å²) in [6.07, 6.45) is 0.567. The molecule has 0 bridgehead atoms. The van der Waals surface area contributed by atoms with Crippen LogP contribution in [-0.4, -0.2) is 55.5 Å². The first-order chi connectivity index (χ1) is 15.2. The molecule has 0 aliphatic rings. The van der Waals surface area contributed by atoms with Gasteiger partial charge < -0.3 is 15.4 Å². The van der Waals surface area contributed by atoms with E-state index in [1.54, 1.807) is 16.4 Å². The van der Waals surface area contributed by atoms with Crippen LogP contribution in [-0.2, 0) is 11.3 Å². The molecule has 172 valence electrons. The Morgan fingerprint density at radius 1 is 1.19 bits per heavy atom. The zero-order chi connectivity index (χ0) is 23.1. The first-order valence-electron chi connectivity index (χ1n) is 10.4. The fourth-order valence-corrected chi connectivity index (χ4v) is 3.70. The molecule has 1 aromatic carbocycles. The van der Waals surface area contributed by atoms with Crippen molar-refractivity contribution in [1.29, 1.82) is 0 Å². The van der Waals surface area contributed by atoms with Gasteiger partial charge in [-0.05, 0) is 44.9 Å². The Morgan fingerprint density at radius 3 is 2.62 bits per heavy atom. The Hall–Kier alpha value is -2.40. The predicted octanol–water partition coefficient (Wildman–Crippen LogP) is 4.47. The second-order valence-electron chi connectivity index (χ2n) is 8.10. The first-order valence-corrected chi connectivity index (χ1v) is 12.2. The lowest BCUT2D eigenvalue weighted by molar-refractivity contribution is 0.0530. The molecule has 0 unspecified atom stereocenters. The number of thioether (sulfide) groups is 1. The number of carbonyl (C=O) groups is 1. The highest BCUT2D eigenvalue weighted by molar-refractivity contribution is 9.10. The molecule has 2 heterocycles. The summed E-state index contributed by atoms with van der Waals surface area (Å²) in [6, 6.07) is 8.06. The number of hydrogen-bond acceptors (Lipinski definition) is 8. The molecule has 0 radical (unpaired) electrons. The third-order valence-corrected chi connectivity index (χ3v) is 5.69. The van der Waals surface area contributed by atoms with Crippen LogP contribution in [0, 0.1) is 0 Å². The molecule has 0 aliphatic heterocycles. The van der Waals surface area contributed by atoms with Crippen LogP contribution in [0.2, 0.25) is 0 Å². The Bertz CT molecular complexity index is 1050. The van der Waals surface area contributed by atoms with Gasteiger partial charge in [-0.15, -0.1) is 5.10 Å². The van der Waals surface area contributed by atoms with Crippen molar-refractivity contribution < 1.29 is 9.53 Å². The summed E-state index contributed by atoms with van der Waals surface area (Å²) in [7, 11) is 0. The first kappa shape index (κ1) is 24.2. The molecule has 0 atom stereocenters. The molecule has 0 saturated carbocycles. The number of fused-ring (bicyclic) bond motifs is 1. The molecule has 9 nitrogen and oxygen atoms in total. The third kappa shape index (κ3) is 7.06. The van der Waals surface area contributed by atoms with Gasteiger partial charge in [-0.3, -0.25) is 0 Å². The molecule has 2 aromatic heterocycles. The second-order valence-corrected chi connectivity index (χ2v) is 10.1. The number of alkyl carbamates (subject to hydrolysis) is 1. The van der Waals surface area contributed by atoms with Crippen LogP contribution in [0.5, 0.6) is 0 Å². The predicted molar refractivity (Wildman–Crippen MR) is 130 cm³/mol. The lowest BCUT2D eigenvalue weighted by Gasteiger charge is -2.19. The van der Waals surface area contributed by atoms with E-state index in [0.29, 0.717) is 41.8 Å². The number of hydrogen-bond donors (Lipinski definition) is 2. The van der Waals surface area contributed by atoms with Crippen molar-refractivity contribution in [1.82, 2.24) is 30.3 Å². The van der Waals surface area contributed by atoms with Crippen LogP contribution >= 0.6 is 27.7 Å². The molecule has 2 N–H and O–H groups in total. The molecule has 0 aliphatic carbocycles. The number of halogens is 1. The number of anilines is 1. The van der Waals surface area contributed by atoms with Gasteiger partial charge in [-0.1, -0.05) is 52.0 Å². The number of aromatic nitrogens is 5. The standard InChI is InChI=1S/C21H28BrN7O2S/c1-5-12-32-19-25-17(23-10-11-24-20(30)31-21(2,3)4)16-18(26-19)29(28-27-16)13-14-6-8-15(22)9-7-14/h6-9H,5,10-13H2,1-4H3,(H,24,30)(H,23,25,26). The largest absolute Gasteiger partial charge is 0.444 e. The van der Waals surface area contributed by atoms with Gasteiger partial charge in [0.1, 0.15) is 5.60 Å². The molecular formula is C21H28BrN7O2S. The van der Waals surface area contributed by atoms with Crippen molar-refractivity contribution in [2.75, 3.05) is 24.2 Å². The van der Waals surface area contributed by atoms with Crippen molar-refractivity contribution >= 4 is 50.8 Å². The lowest BCUT2D eigenvalue weighted by atomic mass is 10.2. The highest BCUT2D eigenvalue weighted by atomic mass is 79.9. The van der Waals surface area contributed by atoms with Gasteiger partial charge >= 0.3 is 6.09 Å². The fourth-order valence-electron chi connectivity index (χ4n) is 2.75. The summed E-state index contributed by atoms with van der Waals surface area (Å²) in [5.41, 5.74) is 1.83. The molecular weight excluding hydrogens is 494 g/mol. The highest BCUT2D eigenvalue weighted by Gasteiger charge is 2.17. The summed E-state index contributed by atoms with van der Waals surface area (Å²) in [6.45, 7) is 9.00. The maximum absolute atomic E-state index is 11.8. The molecule has 11 heteroatoms. The molecule has 32 heavy (non-hydrogen) atoms. The number of nitrogens with one attached hydrogen (secondary N) is 2. The molecule has 1 amide bonds. The SMILES string of the molecule is CCCSc1nc(NCCNC(=O)OC(C)(C)C)c2nnn(Cc3ccc(Br)cc3)c2n1. The van der Waals surface area contributed by atoms with Crippen molar-refractivity contribution in [3.63, 3.8) is 0 Å². The highest BCUT2D eigenvalue weighted by Crippen LogP contribution is 2.24. The smallest absolute Gasteiger partial charge is 0.407 e. The minimum Gasteiger partial charge on any atom is -0.444 e. The van der Waals surface area contributed by atoms with Gasteiger partial charge in [-0.2, -0.15) is 0 Å². The summed E-state index contributed by atoms with van der Waals surface area (Å²) < 4.78 is 8.06. The van der Waals surface area contributed by atoms with E-state index in [0.717, 1.165) is 22.2 Å². The maximum Gasteiger partial charge on any atom is 0.407 e. The average molecular weight is 522 g/mol. The van der Waals surface area contributed by atoms with E-state index in [1.165, 1.54) is 0 Å². The van der Waals surface area contributed by atoms with Crippen LogP contribution in [0.3, 0.4) is 0 Å². The fraction of sp³-hybridized carbons (Fsp3) is 0.476. The minimum absolute atomic E-state index is 0.380. The lowest BCUT2D eigenvalue weighted by Crippen LogP contribution is -2.35. The molecule has 3 aromatic rings. The Kier molecular flexibility index (Phi) is 8.30. The van der Waals surface area contributed by atoms with E-state index >= 15 is 0 Å². The Labute approximate surface area is 200 Å². The zero-order valence-corrected chi connectivity index (χ0v) is 21.1. The van der Waals surface area contributed by atoms with Gasteiger partial charge in [0.25, 0.3) is 0 Å². The van der Waals surface area contributed by atoms with E-state index in [1.807, 2.05) is 45.0 Å². The van der Waals surface area contributed by atoms with E-state index in [-0.39, 0.29) is 0 Å². The summed E-state index contributed by atoms with van der Waals surface area (Å²) in [4.78, 5) is 21.1. The molecule has 0 saturated heterocycles. The normalized spacial score (nSPS) is 11.5. The van der Waals surface area contributed by atoms with Gasteiger partial charge in [0.2, 0.25) is 0 Å². The van der Waals surface area contributed by atoms with E-state index < -0.39 is 11.7 Å². The Morgan fingerprint density at radius 2 is 1.94 bits per heavy atom. The van der Waals surface area contributed by atoms with Crippen molar-refractivity contribution in [3.8, 4) is 0 Å². The Balaban J connectivity index is 1.75. The van der Waals surface area contributed by atoms with Gasteiger partial charge in [0.05, 0.1) is 6.54 Å². The van der Waals surface area contributed by atoms with Crippen LogP contribution in [0.25, 0.3) is 11.2 Å². The topological polar surface area (TPSA) is 107 Å². The second kappa shape index (κ2) is 11.0. The van der Waals surface area contributed by atoms with Crippen LogP contribution < -0.4 is 10.6 Å². The van der Waals surface area contributed by atoms with Crippen LogP contribution in [0.15, 0.2) is 33.9 Å². The number of nitrogens with zero attached hydrogens (tertiary/aromatic N) is 5. The van der Waals surface area contributed by atoms with Gasteiger partial charge in [-0.25, -0.2) is 19.4 Å². The average Bonchev–Trinajstić information content (AvgIpc) is 3.13. The van der Waals surface area contributed by atoms with E-state index in [4.69, 9.17) is 9.72 Å². The van der Waals surface area contributed by atoms with Crippen molar-refractivity contribution in [2.24, 2.45) is 0 Å². The number of carbonyl (C=O) groups excluding carboxylic acids is 1. The summed E-state index contributed by atoms with van der Waals surface area (Å²) in [5.74, 6) is 1.51. The van der Waals surface area contributed by atoms with Gasteiger partial charge in [0, 0.05) is 23.3 Å². The molecule has 0 spiro atoms. The van der Waals surface area contributed by atoms with Gasteiger partial charge in [0.15, 0.2) is 22.1 Å². The van der Waals surface area contributed by atoms with Crippen LogP contribution in [0.1, 0.15) is 39.7 Å². The maximum atomic E-state index is 11.8. The summed E-state index contributed by atoms with van der Waals surface area (Å²) in [5, 5.41) is 15.3. The molecule has 0 fully saturated rings.